The number of nitrogens with zero attached hydrogens (tertiary/aromatic N) is 2. The monoisotopic (exact) mass is 352 g/mol. The Kier molecular flexibility index (Phi) is 6.02. The molecule has 0 spiro atoms. The number of carbonyl (C=O) groups is 4. The van der Waals surface area contributed by atoms with E-state index in [1.807, 2.05) is 11.8 Å². The van der Waals surface area contributed by atoms with Gasteiger partial charge in [-0.05, 0) is 25.7 Å². The van der Waals surface area contributed by atoms with Gasteiger partial charge in [0.1, 0.15) is 6.04 Å². The van der Waals surface area contributed by atoms with E-state index in [1.165, 1.54) is 6.92 Å². The van der Waals surface area contributed by atoms with Crippen molar-refractivity contribution in [2.75, 3.05) is 26.2 Å². The van der Waals surface area contributed by atoms with Crippen molar-refractivity contribution in [3.8, 4) is 0 Å². The summed E-state index contributed by atoms with van der Waals surface area (Å²) in [6.07, 6.45) is 2.79. The lowest BCUT2D eigenvalue weighted by atomic mass is 10.1. The molecule has 1 aliphatic heterocycles. The van der Waals surface area contributed by atoms with Crippen LogP contribution in [0.4, 0.5) is 0 Å². The van der Waals surface area contributed by atoms with Crippen LogP contribution in [0.2, 0.25) is 0 Å². The van der Waals surface area contributed by atoms with E-state index in [9.17, 15) is 19.2 Å². The van der Waals surface area contributed by atoms with Gasteiger partial charge in [0.05, 0.1) is 0 Å². The van der Waals surface area contributed by atoms with E-state index in [1.54, 1.807) is 4.90 Å². The van der Waals surface area contributed by atoms with Gasteiger partial charge < -0.3 is 20.9 Å². The predicted molar refractivity (Wildman–Crippen MR) is 91.2 cm³/mol. The van der Waals surface area contributed by atoms with Crippen molar-refractivity contribution >= 4 is 23.6 Å². The van der Waals surface area contributed by atoms with Crippen molar-refractivity contribution in [1.82, 2.24) is 15.1 Å². The van der Waals surface area contributed by atoms with Gasteiger partial charge in [0.2, 0.25) is 23.6 Å². The summed E-state index contributed by atoms with van der Waals surface area (Å²) in [6, 6.07) is -0.756. The second kappa shape index (κ2) is 7.84. The molecular formula is C17H28N4O4. The molecule has 2 fully saturated rings. The molecule has 8 nitrogen and oxygen atoms in total. The molecule has 0 aromatic carbocycles. The highest BCUT2D eigenvalue weighted by Crippen LogP contribution is 2.46. The van der Waals surface area contributed by atoms with E-state index in [-0.39, 0.29) is 36.0 Å². The number of hydrogen-bond donors (Lipinski definition) is 2. The van der Waals surface area contributed by atoms with Gasteiger partial charge in [-0.2, -0.15) is 0 Å². The molecule has 0 aromatic heterocycles. The van der Waals surface area contributed by atoms with Crippen LogP contribution in [0.3, 0.4) is 0 Å². The maximum Gasteiger partial charge on any atom is 0.245 e. The van der Waals surface area contributed by atoms with Crippen LogP contribution in [0.25, 0.3) is 0 Å². The lowest BCUT2D eigenvalue weighted by Gasteiger charge is -2.27. The third kappa shape index (κ3) is 5.17. The van der Waals surface area contributed by atoms with Crippen LogP contribution >= 0.6 is 0 Å². The van der Waals surface area contributed by atoms with E-state index in [0.717, 1.165) is 12.8 Å². The highest BCUT2D eigenvalue weighted by Gasteiger charge is 2.47. The van der Waals surface area contributed by atoms with Crippen LogP contribution in [0, 0.1) is 5.41 Å². The Hall–Kier alpha value is -2.12. The van der Waals surface area contributed by atoms with Gasteiger partial charge in [-0.25, -0.2) is 0 Å². The van der Waals surface area contributed by atoms with Crippen molar-refractivity contribution in [3.05, 3.63) is 0 Å². The minimum Gasteiger partial charge on any atom is -0.370 e. The summed E-state index contributed by atoms with van der Waals surface area (Å²) >= 11 is 0. The summed E-state index contributed by atoms with van der Waals surface area (Å²) in [5.74, 6) is -0.873. The third-order valence-corrected chi connectivity index (χ3v) is 4.97. The zero-order chi connectivity index (χ0) is 18.6. The van der Waals surface area contributed by atoms with Crippen LogP contribution in [0.15, 0.2) is 0 Å². The summed E-state index contributed by atoms with van der Waals surface area (Å²) in [4.78, 5) is 51.1. The molecule has 0 unspecified atom stereocenters. The van der Waals surface area contributed by atoms with E-state index in [2.05, 4.69) is 5.32 Å². The van der Waals surface area contributed by atoms with Gasteiger partial charge in [0, 0.05) is 44.9 Å². The Bertz CT molecular complexity index is 559. The number of rotatable bonds is 6. The standard InChI is InChI=1S/C17H28N4O4/c1-12(22)19-13(4-5-14(18)23)15(24)20-8-3-9-21(11-10-20)16(25)17(2)6-7-17/h13H,3-11H2,1-2H3,(H2,18,23)(H,19,22)/t13-/m0/s1. The SMILES string of the molecule is CC(=O)N[C@@H](CCC(N)=O)C(=O)N1CCCN(C(=O)C2(C)CC2)CC1. The first-order valence-corrected chi connectivity index (χ1v) is 8.86. The molecule has 2 rings (SSSR count). The number of amides is 4. The fraction of sp³-hybridized carbons (Fsp3) is 0.765. The summed E-state index contributed by atoms with van der Waals surface area (Å²) < 4.78 is 0. The molecule has 0 aromatic rings. The number of nitrogens with one attached hydrogen (secondary N) is 1. The minimum atomic E-state index is -0.756. The molecule has 1 heterocycles. The summed E-state index contributed by atoms with van der Waals surface area (Å²) in [6.45, 7) is 5.44. The fourth-order valence-corrected chi connectivity index (χ4v) is 3.13. The molecule has 1 aliphatic carbocycles. The zero-order valence-electron chi connectivity index (χ0n) is 15.0. The van der Waals surface area contributed by atoms with E-state index in [0.29, 0.717) is 32.6 Å². The van der Waals surface area contributed by atoms with Crippen molar-refractivity contribution < 1.29 is 19.2 Å². The number of primary amides is 1. The molecule has 0 bridgehead atoms. The fourth-order valence-electron chi connectivity index (χ4n) is 3.13. The molecular weight excluding hydrogens is 324 g/mol. The second-order valence-electron chi connectivity index (χ2n) is 7.29. The Labute approximate surface area is 148 Å². The molecule has 140 valence electrons. The Morgan fingerprint density at radius 1 is 1.08 bits per heavy atom. The van der Waals surface area contributed by atoms with Gasteiger partial charge >= 0.3 is 0 Å². The Morgan fingerprint density at radius 2 is 1.68 bits per heavy atom. The zero-order valence-corrected chi connectivity index (χ0v) is 15.0. The molecule has 3 N–H and O–H groups in total. The normalized spacial score (nSPS) is 20.4. The Morgan fingerprint density at radius 3 is 2.24 bits per heavy atom. The van der Waals surface area contributed by atoms with Crippen LogP contribution in [-0.2, 0) is 19.2 Å². The van der Waals surface area contributed by atoms with Crippen molar-refractivity contribution in [3.63, 3.8) is 0 Å². The highest BCUT2D eigenvalue weighted by molar-refractivity contribution is 5.88. The summed E-state index contributed by atoms with van der Waals surface area (Å²) in [5.41, 5.74) is 4.94. The smallest absolute Gasteiger partial charge is 0.245 e. The number of carbonyl (C=O) groups excluding carboxylic acids is 4. The summed E-state index contributed by atoms with van der Waals surface area (Å²) in [7, 11) is 0. The average Bonchev–Trinajstić information content (AvgIpc) is 3.33. The minimum absolute atomic E-state index is 0.0352. The molecule has 2 aliphatic rings. The van der Waals surface area contributed by atoms with Crippen LogP contribution in [0.5, 0.6) is 0 Å². The van der Waals surface area contributed by atoms with E-state index < -0.39 is 11.9 Å². The number of hydrogen-bond acceptors (Lipinski definition) is 4. The molecule has 1 saturated carbocycles. The molecule has 8 heteroatoms. The van der Waals surface area contributed by atoms with E-state index in [4.69, 9.17) is 5.73 Å². The van der Waals surface area contributed by atoms with Gasteiger partial charge in [-0.3, -0.25) is 19.2 Å². The van der Waals surface area contributed by atoms with Crippen molar-refractivity contribution in [2.45, 2.75) is 52.0 Å². The molecule has 1 saturated heterocycles. The van der Waals surface area contributed by atoms with Gasteiger partial charge in [0.25, 0.3) is 0 Å². The van der Waals surface area contributed by atoms with Gasteiger partial charge in [-0.1, -0.05) is 6.92 Å². The van der Waals surface area contributed by atoms with Gasteiger partial charge in [-0.15, -0.1) is 0 Å². The third-order valence-electron chi connectivity index (χ3n) is 4.97. The largest absolute Gasteiger partial charge is 0.370 e. The van der Waals surface area contributed by atoms with Crippen LogP contribution < -0.4 is 11.1 Å². The van der Waals surface area contributed by atoms with Crippen molar-refractivity contribution in [2.24, 2.45) is 11.1 Å². The Balaban J connectivity index is 1.95. The lowest BCUT2D eigenvalue weighted by Crippen LogP contribution is -2.49. The number of nitrogens with two attached hydrogens (primary N) is 1. The average molecular weight is 352 g/mol. The maximum absolute atomic E-state index is 12.7. The van der Waals surface area contributed by atoms with Crippen molar-refractivity contribution in [1.29, 1.82) is 0 Å². The maximum atomic E-state index is 12.7. The molecule has 4 amide bonds. The van der Waals surface area contributed by atoms with Crippen LogP contribution in [0.1, 0.15) is 46.0 Å². The molecule has 25 heavy (non-hydrogen) atoms. The molecule has 0 radical (unpaired) electrons. The van der Waals surface area contributed by atoms with Crippen LogP contribution in [-0.4, -0.2) is 65.6 Å². The highest BCUT2D eigenvalue weighted by atomic mass is 16.2. The van der Waals surface area contributed by atoms with Gasteiger partial charge in [0.15, 0.2) is 0 Å². The predicted octanol–water partition coefficient (Wildman–Crippen LogP) is -0.382. The molecule has 1 atom stereocenters. The second-order valence-corrected chi connectivity index (χ2v) is 7.29. The first kappa shape index (κ1) is 19.2. The quantitative estimate of drug-likeness (QED) is 0.678. The summed E-state index contributed by atoms with van der Waals surface area (Å²) in [5, 5.41) is 2.60. The van der Waals surface area contributed by atoms with E-state index >= 15 is 0 Å². The lowest BCUT2D eigenvalue weighted by molar-refractivity contribution is -0.138. The first-order valence-electron chi connectivity index (χ1n) is 8.86. The topological polar surface area (TPSA) is 113 Å². The first-order chi connectivity index (χ1) is 11.7.